The lowest BCUT2D eigenvalue weighted by Gasteiger charge is -2.16. The lowest BCUT2D eigenvalue weighted by molar-refractivity contribution is 0.393. The Morgan fingerprint density at radius 2 is 2.04 bits per heavy atom. The van der Waals surface area contributed by atoms with Gasteiger partial charge in [-0.25, -0.2) is 18.5 Å². The van der Waals surface area contributed by atoms with Crippen molar-refractivity contribution >= 4 is 51.5 Å². The summed E-state index contributed by atoms with van der Waals surface area (Å²) in [7, 11) is -4.06. The number of thiophene rings is 1. The Labute approximate surface area is 173 Å². The third kappa shape index (κ3) is 4.87. The molecule has 9 nitrogen and oxygen atoms in total. The van der Waals surface area contributed by atoms with Crippen molar-refractivity contribution in [2.24, 2.45) is 26.8 Å². The normalized spacial score (nSPS) is 14.5. The molecule has 1 atom stereocenters. The van der Waals surface area contributed by atoms with Gasteiger partial charge in [0.15, 0.2) is 21.6 Å². The van der Waals surface area contributed by atoms with Gasteiger partial charge in [0, 0.05) is 5.38 Å². The monoisotopic (exact) mass is 445 g/mol. The van der Waals surface area contributed by atoms with Gasteiger partial charge in [0.25, 0.3) is 10.0 Å². The van der Waals surface area contributed by atoms with Gasteiger partial charge >= 0.3 is 0 Å². The third-order valence-corrected chi connectivity index (χ3v) is 6.59. The number of rotatable bonds is 5. The van der Waals surface area contributed by atoms with E-state index >= 15 is 0 Å². The fourth-order valence-electron chi connectivity index (χ4n) is 2.37. The maximum absolute atomic E-state index is 11.4. The van der Waals surface area contributed by atoms with Gasteiger partial charge in [-0.15, -0.1) is 11.3 Å². The molecule has 28 heavy (non-hydrogen) atoms. The molecule has 0 saturated heterocycles. The van der Waals surface area contributed by atoms with Crippen molar-refractivity contribution in [1.82, 2.24) is 4.72 Å². The first-order chi connectivity index (χ1) is 13.0. The number of aryl methyl sites for hydroxylation is 2. The van der Waals surface area contributed by atoms with Gasteiger partial charge in [0.1, 0.15) is 23.2 Å². The van der Waals surface area contributed by atoms with Crippen LogP contribution in [0.25, 0.3) is 0 Å². The highest BCUT2D eigenvalue weighted by molar-refractivity contribution is 7.91. The van der Waals surface area contributed by atoms with Crippen molar-refractivity contribution in [3.8, 4) is 5.75 Å². The van der Waals surface area contributed by atoms with Crippen LogP contribution in [0.1, 0.15) is 37.0 Å². The van der Waals surface area contributed by atoms with E-state index in [1.54, 1.807) is 0 Å². The highest BCUT2D eigenvalue weighted by Gasteiger charge is 2.23. The Bertz CT molecular complexity index is 1000. The average Bonchev–Trinajstić information content (AvgIpc) is 3.10. The van der Waals surface area contributed by atoms with Crippen molar-refractivity contribution in [2.45, 2.75) is 37.9 Å². The molecule has 0 amide bonds. The second kappa shape index (κ2) is 8.55. The molecule has 0 bridgehead atoms. The van der Waals surface area contributed by atoms with E-state index in [-0.39, 0.29) is 29.3 Å². The Morgan fingerprint density at radius 1 is 1.39 bits per heavy atom. The van der Waals surface area contributed by atoms with E-state index < -0.39 is 20.0 Å². The summed E-state index contributed by atoms with van der Waals surface area (Å²) in [5.74, 6) is 1.06. The first-order valence-electron chi connectivity index (χ1n) is 8.18. The molecule has 2 heterocycles. The summed E-state index contributed by atoms with van der Waals surface area (Å²) in [5.41, 5.74) is 6.98. The van der Waals surface area contributed by atoms with E-state index in [2.05, 4.69) is 27.5 Å². The smallest absolute Gasteiger partial charge is 0.251 e. The number of sulfonamides is 1. The second-order valence-corrected chi connectivity index (χ2v) is 9.33. The summed E-state index contributed by atoms with van der Waals surface area (Å²) in [5, 5.41) is 16.4. The molecular formula is C16H23N5O4S3. The summed E-state index contributed by atoms with van der Waals surface area (Å²) in [6.07, 6.45) is 0. The van der Waals surface area contributed by atoms with Crippen LogP contribution in [0.5, 0.6) is 5.75 Å². The molecule has 0 spiro atoms. The zero-order valence-corrected chi connectivity index (χ0v) is 18.3. The van der Waals surface area contributed by atoms with Crippen molar-refractivity contribution in [1.29, 1.82) is 0 Å². The lowest BCUT2D eigenvalue weighted by Crippen LogP contribution is -2.32. The maximum atomic E-state index is 11.4. The van der Waals surface area contributed by atoms with E-state index in [0.717, 1.165) is 22.7 Å². The minimum absolute atomic E-state index is 0.0337. The fraction of sp³-hybridized carbons (Fsp3) is 0.375. The van der Waals surface area contributed by atoms with Crippen LogP contribution >= 0.6 is 24.2 Å². The quantitative estimate of drug-likeness (QED) is 0.270. The highest BCUT2D eigenvalue weighted by Crippen LogP contribution is 2.38. The maximum Gasteiger partial charge on any atom is 0.251 e. The van der Waals surface area contributed by atoms with Gasteiger partial charge in [-0.05, 0) is 31.4 Å². The Hall–Kier alpha value is -2.02. The molecule has 0 saturated carbocycles. The predicted octanol–water partition coefficient (Wildman–Crippen LogP) is 2.53. The van der Waals surface area contributed by atoms with Crippen LogP contribution in [0.3, 0.4) is 0 Å². The van der Waals surface area contributed by atoms with E-state index in [9.17, 15) is 13.5 Å². The topological polar surface area (TPSA) is 156 Å². The molecule has 0 fully saturated rings. The van der Waals surface area contributed by atoms with Crippen LogP contribution in [0.15, 0.2) is 30.1 Å². The Balaban J connectivity index is 2.44. The molecule has 12 heteroatoms. The molecule has 154 valence electrons. The third-order valence-electron chi connectivity index (χ3n) is 3.94. The van der Waals surface area contributed by atoms with Crippen LogP contribution in [0, 0.1) is 19.8 Å². The van der Waals surface area contributed by atoms with Gasteiger partial charge < -0.3 is 20.0 Å². The minimum Gasteiger partial charge on any atom is -0.504 e. The molecule has 0 radical (unpaired) electrons. The molecule has 2 aromatic rings. The zero-order chi connectivity index (χ0) is 21.2. The SMILES string of the molecule is Cc1cc([C@H](N=C(NS)C(N)=Nc2csc(S(N)(=O)=O)c2O)C(C)C)oc1C. The molecule has 0 aliphatic rings. The average molecular weight is 446 g/mol. The number of thiol groups is 1. The van der Waals surface area contributed by atoms with Gasteiger partial charge in [-0.3, -0.25) is 4.99 Å². The molecule has 0 aromatic carbocycles. The van der Waals surface area contributed by atoms with Gasteiger partial charge in [0.2, 0.25) is 0 Å². The number of hydrogen-bond acceptors (Lipinski definition) is 8. The molecule has 0 aliphatic heterocycles. The van der Waals surface area contributed by atoms with E-state index in [1.165, 1.54) is 5.38 Å². The fourth-order valence-corrected chi connectivity index (χ4v) is 4.20. The van der Waals surface area contributed by atoms with Crippen LogP contribution < -0.4 is 15.6 Å². The summed E-state index contributed by atoms with van der Waals surface area (Å²) < 4.78 is 30.9. The molecule has 2 aromatic heterocycles. The van der Waals surface area contributed by atoms with Crippen LogP contribution in [-0.4, -0.2) is 25.2 Å². The van der Waals surface area contributed by atoms with Gasteiger partial charge in [0.05, 0.1) is 0 Å². The number of nitrogens with zero attached hydrogens (tertiary/aromatic N) is 2. The molecular weight excluding hydrogens is 422 g/mol. The molecule has 0 aliphatic carbocycles. The number of furan rings is 1. The van der Waals surface area contributed by atoms with Crippen molar-refractivity contribution in [3.63, 3.8) is 0 Å². The predicted molar refractivity (Wildman–Crippen MR) is 114 cm³/mol. The molecule has 6 N–H and O–H groups in total. The second-order valence-electron chi connectivity index (χ2n) is 6.47. The lowest BCUT2D eigenvalue weighted by atomic mass is 10.0. The largest absolute Gasteiger partial charge is 0.504 e. The van der Waals surface area contributed by atoms with Crippen molar-refractivity contribution < 1.29 is 17.9 Å². The van der Waals surface area contributed by atoms with Crippen molar-refractivity contribution in [2.75, 3.05) is 0 Å². The summed E-state index contributed by atoms with van der Waals surface area (Å²) in [6, 6.07) is 1.56. The number of amidine groups is 2. The molecule has 0 unspecified atom stereocenters. The van der Waals surface area contributed by atoms with E-state index in [1.807, 2.05) is 33.8 Å². The Morgan fingerprint density at radius 3 is 2.46 bits per heavy atom. The van der Waals surface area contributed by atoms with E-state index in [0.29, 0.717) is 5.76 Å². The van der Waals surface area contributed by atoms with Crippen LogP contribution in [0.2, 0.25) is 0 Å². The van der Waals surface area contributed by atoms with Gasteiger partial charge in [-0.2, -0.15) is 0 Å². The molecule has 2 rings (SSSR count). The summed E-state index contributed by atoms with van der Waals surface area (Å²) in [6.45, 7) is 7.78. The number of aromatic hydroxyl groups is 1. The van der Waals surface area contributed by atoms with Gasteiger partial charge in [-0.1, -0.05) is 26.7 Å². The minimum atomic E-state index is -4.06. The summed E-state index contributed by atoms with van der Waals surface area (Å²) >= 11 is 4.78. The van der Waals surface area contributed by atoms with Crippen LogP contribution in [0.4, 0.5) is 5.69 Å². The zero-order valence-electron chi connectivity index (χ0n) is 15.8. The number of nitrogens with two attached hydrogens (primary N) is 2. The summed E-state index contributed by atoms with van der Waals surface area (Å²) in [4.78, 5) is 8.61. The highest BCUT2D eigenvalue weighted by atomic mass is 32.2. The number of primary sulfonamides is 1. The van der Waals surface area contributed by atoms with Crippen molar-refractivity contribution in [3.05, 3.63) is 28.5 Å². The number of nitrogens with one attached hydrogen (secondary N) is 1. The number of aliphatic imine (C=N–C) groups is 2. The van der Waals surface area contributed by atoms with Crippen LogP contribution in [-0.2, 0) is 10.0 Å². The Kier molecular flexibility index (Phi) is 6.80. The first kappa shape index (κ1) is 22.3. The first-order valence-corrected chi connectivity index (χ1v) is 11.1. The standard InChI is InChI=1S/C16H23N5O4S3/c1-7(2)12(11-5-8(3)9(4)25-11)20-15(21-26)14(17)19-10-6-27-16(13(10)22)28(18,23)24/h5-7,12,22,26H,1-4H3,(H2,17,19)(H,20,21)(H2,18,23,24)/t12-/m1/s1. The van der Waals surface area contributed by atoms with E-state index in [4.69, 9.17) is 15.3 Å². The number of hydrogen-bond donors (Lipinski definition) is 5.